The van der Waals surface area contributed by atoms with E-state index in [4.69, 9.17) is 10.5 Å². The van der Waals surface area contributed by atoms with Gasteiger partial charge in [-0.2, -0.15) is 0 Å². The Hall–Kier alpha value is -1.80. The molecule has 0 saturated heterocycles. The largest absolute Gasteiger partial charge is 0.457 e. The summed E-state index contributed by atoms with van der Waals surface area (Å²) in [5, 5.41) is 0. The van der Waals surface area contributed by atoms with Crippen LogP contribution in [0.1, 0.15) is 16.7 Å². The lowest BCUT2D eigenvalue weighted by Crippen LogP contribution is -1.97. The maximum Gasteiger partial charge on any atom is 0.128 e. The molecule has 2 aromatic carbocycles. The van der Waals surface area contributed by atoms with Crippen molar-refractivity contribution in [3.63, 3.8) is 0 Å². The normalized spacial score (nSPS) is 10.3. The van der Waals surface area contributed by atoms with Gasteiger partial charge in [0.15, 0.2) is 0 Å². The van der Waals surface area contributed by atoms with Crippen LogP contribution in [0.15, 0.2) is 42.5 Å². The molecule has 17 heavy (non-hydrogen) atoms. The van der Waals surface area contributed by atoms with Crippen LogP contribution in [0, 0.1) is 13.8 Å². The van der Waals surface area contributed by atoms with Crippen molar-refractivity contribution in [1.29, 1.82) is 0 Å². The highest BCUT2D eigenvalue weighted by atomic mass is 16.5. The average molecular weight is 227 g/mol. The third-order valence-corrected chi connectivity index (χ3v) is 2.60. The van der Waals surface area contributed by atoms with Crippen molar-refractivity contribution >= 4 is 0 Å². The first-order valence-corrected chi connectivity index (χ1v) is 5.72. The third-order valence-electron chi connectivity index (χ3n) is 2.60. The van der Waals surface area contributed by atoms with Gasteiger partial charge in [-0.15, -0.1) is 0 Å². The summed E-state index contributed by atoms with van der Waals surface area (Å²) in [6.07, 6.45) is 0. The molecule has 0 atom stereocenters. The maximum absolute atomic E-state index is 5.80. The van der Waals surface area contributed by atoms with Crippen LogP contribution in [0.4, 0.5) is 0 Å². The Balaban J connectivity index is 2.23. The van der Waals surface area contributed by atoms with E-state index in [-0.39, 0.29) is 0 Å². The third kappa shape index (κ3) is 3.08. The quantitative estimate of drug-likeness (QED) is 0.870. The molecule has 2 aromatic rings. The molecule has 0 bridgehead atoms. The molecule has 2 heteroatoms. The highest BCUT2D eigenvalue weighted by Crippen LogP contribution is 2.24. The number of rotatable bonds is 3. The molecule has 0 aliphatic rings. The molecule has 0 unspecified atom stereocenters. The van der Waals surface area contributed by atoms with Crippen LogP contribution in [-0.2, 0) is 6.54 Å². The van der Waals surface area contributed by atoms with Gasteiger partial charge in [0.05, 0.1) is 0 Å². The zero-order valence-corrected chi connectivity index (χ0v) is 10.2. The number of aryl methyl sites for hydroxylation is 2. The zero-order valence-electron chi connectivity index (χ0n) is 10.2. The molecular formula is C15H17NO. The second-order valence-corrected chi connectivity index (χ2v) is 4.27. The first kappa shape index (κ1) is 11.7. The number of hydrogen-bond acceptors (Lipinski definition) is 2. The zero-order chi connectivity index (χ0) is 12.3. The predicted octanol–water partition coefficient (Wildman–Crippen LogP) is 3.55. The van der Waals surface area contributed by atoms with E-state index in [9.17, 15) is 0 Å². The minimum atomic E-state index is 0.534. The molecule has 0 amide bonds. The molecule has 0 radical (unpaired) electrons. The average Bonchev–Trinajstić information content (AvgIpc) is 2.31. The lowest BCUT2D eigenvalue weighted by Gasteiger charge is -2.08. The first-order valence-electron chi connectivity index (χ1n) is 5.72. The van der Waals surface area contributed by atoms with E-state index < -0.39 is 0 Å². The molecule has 2 nitrogen and oxygen atoms in total. The van der Waals surface area contributed by atoms with Gasteiger partial charge >= 0.3 is 0 Å². The van der Waals surface area contributed by atoms with Crippen LogP contribution in [0.2, 0.25) is 0 Å². The van der Waals surface area contributed by atoms with Gasteiger partial charge in [0, 0.05) is 6.54 Å². The maximum atomic E-state index is 5.80. The summed E-state index contributed by atoms with van der Waals surface area (Å²) in [6, 6.07) is 14.1. The van der Waals surface area contributed by atoms with Crippen LogP contribution in [0.25, 0.3) is 0 Å². The van der Waals surface area contributed by atoms with Gasteiger partial charge < -0.3 is 10.5 Å². The lowest BCUT2D eigenvalue weighted by atomic mass is 10.1. The monoisotopic (exact) mass is 227 g/mol. The minimum absolute atomic E-state index is 0.534. The summed E-state index contributed by atoms with van der Waals surface area (Å²) in [7, 11) is 0. The Kier molecular flexibility index (Phi) is 3.45. The van der Waals surface area contributed by atoms with Crippen molar-refractivity contribution in [2.75, 3.05) is 0 Å². The lowest BCUT2D eigenvalue weighted by molar-refractivity contribution is 0.481. The topological polar surface area (TPSA) is 35.2 Å². The molecule has 0 aliphatic carbocycles. The van der Waals surface area contributed by atoms with Crippen molar-refractivity contribution < 1.29 is 4.74 Å². The molecule has 0 aliphatic heterocycles. The second-order valence-electron chi connectivity index (χ2n) is 4.27. The van der Waals surface area contributed by atoms with Crippen molar-refractivity contribution in [3.8, 4) is 11.5 Å². The van der Waals surface area contributed by atoms with Gasteiger partial charge in [0.2, 0.25) is 0 Å². The standard InChI is InChI=1S/C15H17NO/c1-11-3-5-14(6-4-11)17-15-8-12(2)7-13(9-15)10-16/h3-9H,10,16H2,1-2H3. The molecule has 0 fully saturated rings. The summed E-state index contributed by atoms with van der Waals surface area (Å²) in [5.74, 6) is 1.69. The van der Waals surface area contributed by atoms with Gasteiger partial charge in [-0.05, 0) is 49.2 Å². The van der Waals surface area contributed by atoms with Crippen molar-refractivity contribution in [3.05, 3.63) is 59.2 Å². The highest BCUT2D eigenvalue weighted by molar-refractivity contribution is 5.38. The van der Waals surface area contributed by atoms with Gasteiger partial charge in [-0.1, -0.05) is 23.8 Å². The minimum Gasteiger partial charge on any atom is -0.457 e. The Morgan fingerprint density at radius 1 is 0.882 bits per heavy atom. The molecule has 0 spiro atoms. The van der Waals surface area contributed by atoms with E-state index in [1.54, 1.807) is 0 Å². The molecule has 88 valence electrons. The van der Waals surface area contributed by atoms with E-state index >= 15 is 0 Å². The number of hydrogen-bond donors (Lipinski definition) is 1. The molecule has 0 saturated carbocycles. The number of ether oxygens (including phenoxy) is 1. The smallest absolute Gasteiger partial charge is 0.128 e. The Morgan fingerprint density at radius 3 is 2.24 bits per heavy atom. The van der Waals surface area contributed by atoms with E-state index in [2.05, 4.69) is 13.0 Å². The fourth-order valence-electron chi connectivity index (χ4n) is 1.74. The van der Waals surface area contributed by atoms with E-state index in [1.165, 1.54) is 5.56 Å². The van der Waals surface area contributed by atoms with Crippen LogP contribution in [0.3, 0.4) is 0 Å². The SMILES string of the molecule is Cc1ccc(Oc2cc(C)cc(CN)c2)cc1. The van der Waals surface area contributed by atoms with Gasteiger partial charge in [0.1, 0.15) is 11.5 Å². The van der Waals surface area contributed by atoms with Crippen LogP contribution >= 0.6 is 0 Å². The van der Waals surface area contributed by atoms with Gasteiger partial charge in [-0.3, -0.25) is 0 Å². The van der Waals surface area contributed by atoms with E-state index in [0.29, 0.717) is 6.54 Å². The summed E-state index contributed by atoms with van der Waals surface area (Å²) in [5.41, 5.74) is 9.12. The van der Waals surface area contributed by atoms with E-state index in [0.717, 1.165) is 22.6 Å². The Morgan fingerprint density at radius 2 is 1.59 bits per heavy atom. The van der Waals surface area contributed by atoms with Gasteiger partial charge in [-0.25, -0.2) is 0 Å². The molecule has 0 aromatic heterocycles. The fraction of sp³-hybridized carbons (Fsp3) is 0.200. The van der Waals surface area contributed by atoms with Crippen LogP contribution in [-0.4, -0.2) is 0 Å². The number of benzene rings is 2. The molecule has 0 heterocycles. The first-order chi connectivity index (χ1) is 8.17. The summed E-state index contributed by atoms with van der Waals surface area (Å²) < 4.78 is 5.80. The van der Waals surface area contributed by atoms with Crippen molar-refractivity contribution in [2.45, 2.75) is 20.4 Å². The summed E-state index contributed by atoms with van der Waals surface area (Å²) >= 11 is 0. The fourth-order valence-corrected chi connectivity index (χ4v) is 1.74. The summed E-state index contributed by atoms with van der Waals surface area (Å²) in [4.78, 5) is 0. The molecule has 2 rings (SSSR count). The predicted molar refractivity (Wildman–Crippen MR) is 70.3 cm³/mol. The van der Waals surface area contributed by atoms with Gasteiger partial charge in [0.25, 0.3) is 0 Å². The molecular weight excluding hydrogens is 210 g/mol. The second kappa shape index (κ2) is 5.02. The van der Waals surface area contributed by atoms with Crippen molar-refractivity contribution in [1.82, 2.24) is 0 Å². The summed E-state index contributed by atoms with van der Waals surface area (Å²) in [6.45, 7) is 4.63. The highest BCUT2D eigenvalue weighted by Gasteiger charge is 2.00. The Labute approximate surface area is 102 Å². The van der Waals surface area contributed by atoms with Crippen LogP contribution < -0.4 is 10.5 Å². The Bertz CT molecular complexity index is 503. The van der Waals surface area contributed by atoms with Crippen LogP contribution in [0.5, 0.6) is 11.5 Å². The number of nitrogens with two attached hydrogens (primary N) is 1. The molecule has 2 N–H and O–H groups in total. The van der Waals surface area contributed by atoms with E-state index in [1.807, 2.05) is 43.3 Å². The van der Waals surface area contributed by atoms with Crippen molar-refractivity contribution in [2.24, 2.45) is 5.73 Å².